The third kappa shape index (κ3) is 2.23. The van der Waals surface area contributed by atoms with Gasteiger partial charge in [-0.25, -0.2) is 0 Å². The summed E-state index contributed by atoms with van der Waals surface area (Å²) in [6, 6.07) is -0.612. The molecule has 2 N–H and O–H groups in total. The molecule has 1 aromatic heterocycles. The molecule has 0 saturated carbocycles. The Labute approximate surface area is 110 Å². The van der Waals surface area contributed by atoms with Crippen molar-refractivity contribution in [3.8, 4) is 0 Å². The number of hydrogen-bond donors (Lipinski definition) is 2. The summed E-state index contributed by atoms with van der Waals surface area (Å²) in [5.74, 6) is -1.22. The molecule has 2 heterocycles. The number of aromatic amines is 1. The molecule has 1 saturated heterocycles. The summed E-state index contributed by atoms with van der Waals surface area (Å²) >= 11 is 0. The van der Waals surface area contributed by atoms with Gasteiger partial charge in [0.25, 0.3) is 5.91 Å². The van der Waals surface area contributed by atoms with Gasteiger partial charge in [0, 0.05) is 5.69 Å². The van der Waals surface area contributed by atoms with Crippen molar-refractivity contribution in [1.82, 2.24) is 20.4 Å². The Morgan fingerprint density at radius 1 is 1.42 bits per heavy atom. The van der Waals surface area contributed by atoms with Crippen LogP contribution in [0.5, 0.6) is 0 Å². The van der Waals surface area contributed by atoms with Crippen LogP contribution in [0.4, 0.5) is 0 Å². The van der Waals surface area contributed by atoms with Crippen LogP contribution in [0, 0.1) is 13.8 Å². The second kappa shape index (κ2) is 4.83. The van der Waals surface area contributed by atoms with Crippen molar-refractivity contribution in [3.63, 3.8) is 0 Å². The van der Waals surface area contributed by atoms with Crippen molar-refractivity contribution in [3.05, 3.63) is 17.0 Å². The molecule has 2 rings (SSSR count). The van der Waals surface area contributed by atoms with Gasteiger partial charge in [-0.2, -0.15) is 5.10 Å². The maximum absolute atomic E-state index is 12.5. The fourth-order valence-corrected chi connectivity index (χ4v) is 2.30. The van der Waals surface area contributed by atoms with Gasteiger partial charge in [-0.05, 0) is 20.3 Å². The van der Waals surface area contributed by atoms with Gasteiger partial charge >= 0.3 is 0 Å². The van der Waals surface area contributed by atoms with Gasteiger partial charge < -0.3 is 4.90 Å². The maximum Gasteiger partial charge on any atom is 0.258 e. The third-order valence-electron chi connectivity index (χ3n) is 3.24. The zero-order chi connectivity index (χ0) is 14.2. The number of amides is 3. The highest BCUT2D eigenvalue weighted by Crippen LogP contribution is 2.17. The van der Waals surface area contributed by atoms with Crippen LogP contribution in [0.15, 0.2) is 0 Å². The Hall–Kier alpha value is -2.18. The van der Waals surface area contributed by atoms with Crippen LogP contribution < -0.4 is 5.32 Å². The first-order valence-electron chi connectivity index (χ1n) is 6.12. The molecule has 0 radical (unpaired) electrons. The number of carbonyl (C=O) groups is 3. The predicted octanol–water partition coefficient (Wildman–Crippen LogP) is -0.0963. The lowest BCUT2D eigenvalue weighted by atomic mass is 10.1. The highest BCUT2D eigenvalue weighted by atomic mass is 16.2. The van der Waals surface area contributed by atoms with Crippen LogP contribution in [0.3, 0.4) is 0 Å². The molecule has 1 aromatic rings. The number of piperazine rings is 1. The standard InChI is InChI=1S/C12H16N4O3/c1-4-8-11(18)13-9(17)5-16(8)12(19)10-6(2)14-15-7(10)3/h8H,4-5H2,1-3H3,(H,14,15)(H,13,17,18). The lowest BCUT2D eigenvalue weighted by Crippen LogP contribution is -2.59. The van der Waals surface area contributed by atoms with Gasteiger partial charge in [0.15, 0.2) is 0 Å². The molecule has 0 bridgehead atoms. The monoisotopic (exact) mass is 264 g/mol. The summed E-state index contributed by atoms with van der Waals surface area (Å²) in [7, 11) is 0. The minimum absolute atomic E-state index is 0.104. The van der Waals surface area contributed by atoms with E-state index in [-0.39, 0.29) is 12.5 Å². The Morgan fingerprint density at radius 3 is 2.63 bits per heavy atom. The minimum atomic E-state index is -0.612. The average molecular weight is 264 g/mol. The Kier molecular flexibility index (Phi) is 3.37. The van der Waals surface area contributed by atoms with E-state index >= 15 is 0 Å². The topological polar surface area (TPSA) is 95.2 Å². The van der Waals surface area contributed by atoms with Gasteiger partial charge in [0.2, 0.25) is 11.8 Å². The summed E-state index contributed by atoms with van der Waals surface area (Å²) in [6.07, 6.45) is 0.459. The molecule has 7 heteroatoms. The highest BCUT2D eigenvalue weighted by Gasteiger charge is 2.37. The smallest absolute Gasteiger partial charge is 0.258 e. The number of aryl methyl sites for hydroxylation is 2. The summed E-state index contributed by atoms with van der Waals surface area (Å²) in [4.78, 5) is 37.0. The molecule has 1 unspecified atom stereocenters. The minimum Gasteiger partial charge on any atom is -0.317 e. The molecule has 1 atom stereocenters. The van der Waals surface area contributed by atoms with Gasteiger partial charge in [-0.15, -0.1) is 0 Å². The largest absolute Gasteiger partial charge is 0.317 e. The number of aromatic nitrogens is 2. The molecule has 102 valence electrons. The average Bonchev–Trinajstić information content (AvgIpc) is 2.67. The quantitative estimate of drug-likeness (QED) is 0.729. The summed E-state index contributed by atoms with van der Waals surface area (Å²) in [5, 5.41) is 8.94. The van der Waals surface area contributed by atoms with Gasteiger partial charge in [0.05, 0.1) is 11.3 Å². The Bertz CT molecular complexity index is 530. The highest BCUT2D eigenvalue weighted by molar-refractivity contribution is 6.07. The Morgan fingerprint density at radius 2 is 2.11 bits per heavy atom. The molecule has 1 fully saturated rings. The van der Waals surface area contributed by atoms with Crippen molar-refractivity contribution in [2.24, 2.45) is 0 Å². The summed E-state index contributed by atoms with van der Waals surface area (Å²) in [5.41, 5.74) is 1.63. The van der Waals surface area contributed by atoms with E-state index < -0.39 is 17.9 Å². The number of hydrogen-bond acceptors (Lipinski definition) is 4. The zero-order valence-corrected chi connectivity index (χ0v) is 11.1. The molecule has 19 heavy (non-hydrogen) atoms. The lowest BCUT2D eigenvalue weighted by molar-refractivity contribution is -0.138. The Balaban J connectivity index is 2.36. The summed E-state index contributed by atoms with van der Waals surface area (Å²) in [6.45, 7) is 5.14. The first-order chi connectivity index (χ1) is 8.95. The van der Waals surface area contributed by atoms with Gasteiger partial charge in [-0.1, -0.05) is 6.92 Å². The van der Waals surface area contributed by atoms with Crippen LogP contribution in [-0.2, 0) is 9.59 Å². The van der Waals surface area contributed by atoms with E-state index in [1.807, 2.05) is 0 Å². The van der Waals surface area contributed by atoms with Crippen LogP contribution in [-0.4, -0.2) is 45.4 Å². The van der Waals surface area contributed by atoms with E-state index in [0.717, 1.165) is 0 Å². The molecule has 1 aliphatic heterocycles. The first-order valence-corrected chi connectivity index (χ1v) is 6.12. The number of rotatable bonds is 2. The lowest BCUT2D eigenvalue weighted by Gasteiger charge is -2.33. The zero-order valence-electron chi connectivity index (χ0n) is 11.1. The van der Waals surface area contributed by atoms with Crippen LogP contribution in [0.1, 0.15) is 35.1 Å². The SMILES string of the molecule is CCC1C(=O)NC(=O)CN1C(=O)c1c(C)n[nH]c1C. The van der Waals surface area contributed by atoms with E-state index in [1.54, 1.807) is 20.8 Å². The molecule has 3 amide bonds. The number of H-pyrrole nitrogens is 1. The van der Waals surface area contributed by atoms with E-state index in [0.29, 0.717) is 23.4 Å². The van der Waals surface area contributed by atoms with E-state index in [4.69, 9.17) is 0 Å². The molecule has 0 spiro atoms. The molecule has 0 aromatic carbocycles. The molecule has 7 nitrogen and oxygen atoms in total. The molecule has 1 aliphatic rings. The van der Waals surface area contributed by atoms with E-state index in [9.17, 15) is 14.4 Å². The van der Waals surface area contributed by atoms with Crippen molar-refractivity contribution in [2.75, 3.05) is 6.54 Å². The van der Waals surface area contributed by atoms with Crippen molar-refractivity contribution >= 4 is 17.7 Å². The maximum atomic E-state index is 12.5. The predicted molar refractivity (Wildman–Crippen MR) is 66.3 cm³/mol. The number of imide groups is 1. The number of nitrogens with zero attached hydrogens (tertiary/aromatic N) is 2. The normalized spacial score (nSPS) is 19.5. The van der Waals surface area contributed by atoms with Crippen molar-refractivity contribution in [2.45, 2.75) is 33.2 Å². The second-order valence-electron chi connectivity index (χ2n) is 4.58. The van der Waals surface area contributed by atoms with Gasteiger partial charge in [-0.3, -0.25) is 24.8 Å². The van der Waals surface area contributed by atoms with E-state index in [2.05, 4.69) is 15.5 Å². The van der Waals surface area contributed by atoms with Crippen LogP contribution in [0.2, 0.25) is 0 Å². The molecular weight excluding hydrogens is 248 g/mol. The van der Waals surface area contributed by atoms with Crippen molar-refractivity contribution < 1.29 is 14.4 Å². The number of nitrogens with one attached hydrogen (secondary N) is 2. The van der Waals surface area contributed by atoms with Crippen LogP contribution >= 0.6 is 0 Å². The van der Waals surface area contributed by atoms with Crippen molar-refractivity contribution in [1.29, 1.82) is 0 Å². The molecule has 0 aliphatic carbocycles. The van der Waals surface area contributed by atoms with Crippen LogP contribution in [0.25, 0.3) is 0 Å². The third-order valence-corrected chi connectivity index (χ3v) is 3.24. The first kappa shape index (κ1) is 13.3. The molecular formula is C12H16N4O3. The second-order valence-corrected chi connectivity index (χ2v) is 4.58. The summed E-state index contributed by atoms with van der Waals surface area (Å²) < 4.78 is 0. The van der Waals surface area contributed by atoms with Gasteiger partial charge in [0.1, 0.15) is 12.6 Å². The van der Waals surface area contributed by atoms with E-state index in [1.165, 1.54) is 4.90 Å². The fourth-order valence-electron chi connectivity index (χ4n) is 2.30. The number of carbonyl (C=O) groups excluding carboxylic acids is 3. The fraction of sp³-hybridized carbons (Fsp3) is 0.500.